The minimum absolute atomic E-state index is 0.558. The van der Waals surface area contributed by atoms with E-state index in [9.17, 15) is 0 Å². The lowest BCUT2D eigenvalue weighted by Gasteiger charge is -2.09. The molecule has 4 nitrogen and oxygen atoms in total. The van der Waals surface area contributed by atoms with Gasteiger partial charge in [0.05, 0.1) is 22.4 Å². The van der Waals surface area contributed by atoms with Gasteiger partial charge in [-0.05, 0) is 61.4 Å². The van der Waals surface area contributed by atoms with E-state index in [0.717, 1.165) is 28.8 Å². The molecule has 0 aliphatic heterocycles. The second-order valence-electron chi connectivity index (χ2n) is 7.94. The van der Waals surface area contributed by atoms with Crippen molar-refractivity contribution in [1.29, 1.82) is 0 Å². The van der Waals surface area contributed by atoms with Crippen LogP contribution in [0.1, 0.15) is 68.5 Å². The molecule has 4 rings (SSSR count). The summed E-state index contributed by atoms with van der Waals surface area (Å²) in [5, 5.41) is 10.7. The summed E-state index contributed by atoms with van der Waals surface area (Å²) >= 11 is 0. The van der Waals surface area contributed by atoms with Crippen LogP contribution >= 0.6 is 0 Å². The maximum atomic E-state index is 4.30. The molecule has 29 heavy (non-hydrogen) atoms. The van der Waals surface area contributed by atoms with Gasteiger partial charge >= 0.3 is 0 Å². The first kappa shape index (κ1) is 20.8. The molecule has 2 aromatic heterocycles. The molecule has 2 heterocycles. The highest BCUT2D eigenvalue weighted by molar-refractivity contribution is 5.86. The van der Waals surface area contributed by atoms with Crippen molar-refractivity contribution in [2.45, 2.75) is 59.8 Å². The van der Waals surface area contributed by atoms with Gasteiger partial charge in [-0.1, -0.05) is 45.9 Å². The molecule has 0 saturated carbocycles. The Kier molecular flexibility index (Phi) is 6.53. The van der Waals surface area contributed by atoms with Crippen molar-refractivity contribution in [3.05, 3.63) is 71.3 Å². The number of hydrogen-bond acceptors (Lipinski definition) is 4. The average Bonchev–Trinajstić information content (AvgIpc) is 2.75. The third-order valence-electron chi connectivity index (χ3n) is 5.51. The fraction of sp³-hybridized carbons (Fsp3) is 0.360. The smallest absolute Gasteiger partial charge is 0.0889 e. The largest absolute Gasteiger partial charge is 0.253 e. The lowest BCUT2D eigenvalue weighted by molar-refractivity contribution is 0.734. The van der Waals surface area contributed by atoms with Crippen molar-refractivity contribution >= 4 is 21.8 Å². The maximum absolute atomic E-state index is 4.30. The molecule has 4 heteroatoms. The molecule has 2 aromatic carbocycles. The van der Waals surface area contributed by atoms with Gasteiger partial charge in [-0.25, -0.2) is 0 Å². The Morgan fingerprint density at radius 1 is 0.724 bits per heavy atom. The van der Waals surface area contributed by atoms with Crippen LogP contribution in [0.25, 0.3) is 21.8 Å². The van der Waals surface area contributed by atoms with Gasteiger partial charge in [0.25, 0.3) is 0 Å². The van der Waals surface area contributed by atoms with Crippen molar-refractivity contribution in [2.75, 3.05) is 0 Å². The van der Waals surface area contributed by atoms with E-state index in [2.05, 4.69) is 78.2 Å². The molecule has 0 bridgehead atoms. The predicted octanol–water partition coefficient (Wildman–Crippen LogP) is 6.51. The highest BCUT2D eigenvalue weighted by Gasteiger charge is 2.06. The lowest BCUT2D eigenvalue weighted by Crippen LogP contribution is -1.95. The molecule has 150 valence electrons. The van der Waals surface area contributed by atoms with Gasteiger partial charge in [0.2, 0.25) is 0 Å². The minimum Gasteiger partial charge on any atom is -0.253 e. The molecule has 0 amide bonds. The Hall–Kier alpha value is -2.88. The van der Waals surface area contributed by atoms with Gasteiger partial charge in [-0.15, -0.1) is 0 Å². The van der Waals surface area contributed by atoms with Crippen LogP contribution in [0.4, 0.5) is 0 Å². The van der Waals surface area contributed by atoms with Gasteiger partial charge in [0, 0.05) is 23.2 Å². The van der Waals surface area contributed by atoms with Crippen LogP contribution in [0.15, 0.2) is 48.8 Å². The van der Waals surface area contributed by atoms with Gasteiger partial charge in [0.1, 0.15) is 0 Å². The van der Waals surface area contributed by atoms with Crippen LogP contribution in [-0.2, 0) is 0 Å². The Morgan fingerprint density at radius 3 is 2.00 bits per heavy atom. The average molecular weight is 387 g/mol. The SMILES string of the molecule is CCC(C)c1ccc2nccnc2c1.Cc1nnc(C)c2cc(C(C)C)ccc12. The fourth-order valence-corrected chi connectivity index (χ4v) is 3.32. The van der Waals surface area contributed by atoms with Crippen LogP contribution < -0.4 is 0 Å². The number of fused-ring (bicyclic) bond motifs is 2. The van der Waals surface area contributed by atoms with Crippen LogP contribution in [0, 0.1) is 13.8 Å². The summed E-state index contributed by atoms with van der Waals surface area (Å²) < 4.78 is 0. The third-order valence-corrected chi connectivity index (χ3v) is 5.51. The van der Waals surface area contributed by atoms with E-state index in [0.29, 0.717) is 11.8 Å². The van der Waals surface area contributed by atoms with E-state index in [1.54, 1.807) is 12.4 Å². The van der Waals surface area contributed by atoms with Crippen LogP contribution in [-0.4, -0.2) is 20.2 Å². The van der Waals surface area contributed by atoms with Crippen molar-refractivity contribution in [3.63, 3.8) is 0 Å². The molecule has 0 radical (unpaired) electrons. The van der Waals surface area contributed by atoms with E-state index in [1.807, 2.05) is 19.9 Å². The second-order valence-corrected chi connectivity index (χ2v) is 7.94. The zero-order valence-electron chi connectivity index (χ0n) is 18.3. The Balaban J connectivity index is 0.000000166. The predicted molar refractivity (Wildman–Crippen MR) is 121 cm³/mol. The molecule has 0 fully saturated rings. The maximum Gasteiger partial charge on any atom is 0.0889 e. The van der Waals surface area contributed by atoms with Gasteiger partial charge in [-0.3, -0.25) is 9.97 Å². The van der Waals surface area contributed by atoms with E-state index < -0.39 is 0 Å². The first-order chi connectivity index (χ1) is 13.9. The van der Waals surface area contributed by atoms with Gasteiger partial charge in [0.15, 0.2) is 0 Å². The summed E-state index contributed by atoms with van der Waals surface area (Å²) in [6.45, 7) is 12.9. The Labute approximate surface area is 173 Å². The Morgan fingerprint density at radius 2 is 1.34 bits per heavy atom. The summed E-state index contributed by atoms with van der Waals surface area (Å²) in [5.41, 5.74) is 6.69. The number of benzene rings is 2. The third kappa shape index (κ3) is 4.76. The van der Waals surface area contributed by atoms with E-state index >= 15 is 0 Å². The summed E-state index contributed by atoms with van der Waals surface area (Å²) in [6.07, 6.45) is 4.62. The van der Waals surface area contributed by atoms with Crippen molar-refractivity contribution in [1.82, 2.24) is 20.2 Å². The molecule has 0 aliphatic carbocycles. The van der Waals surface area contributed by atoms with Crippen molar-refractivity contribution in [3.8, 4) is 0 Å². The molecular formula is C25H30N4. The quantitative estimate of drug-likeness (QED) is 0.402. The monoisotopic (exact) mass is 386 g/mol. The minimum atomic E-state index is 0.558. The molecule has 0 spiro atoms. The molecule has 1 unspecified atom stereocenters. The van der Waals surface area contributed by atoms with E-state index in [-0.39, 0.29) is 0 Å². The normalized spacial score (nSPS) is 12.1. The number of rotatable bonds is 3. The molecule has 0 saturated heterocycles. The highest BCUT2D eigenvalue weighted by atomic mass is 15.1. The first-order valence-corrected chi connectivity index (χ1v) is 10.3. The zero-order valence-corrected chi connectivity index (χ0v) is 18.3. The molecule has 0 N–H and O–H groups in total. The highest BCUT2D eigenvalue weighted by Crippen LogP contribution is 2.24. The van der Waals surface area contributed by atoms with Gasteiger partial charge in [-0.2, -0.15) is 10.2 Å². The van der Waals surface area contributed by atoms with E-state index in [1.165, 1.54) is 21.9 Å². The number of hydrogen-bond donors (Lipinski definition) is 0. The summed E-state index contributed by atoms with van der Waals surface area (Å²) in [6, 6.07) is 12.9. The van der Waals surface area contributed by atoms with Crippen molar-refractivity contribution < 1.29 is 0 Å². The first-order valence-electron chi connectivity index (χ1n) is 10.3. The second kappa shape index (κ2) is 9.08. The number of nitrogens with zero attached hydrogens (tertiary/aromatic N) is 4. The molecular weight excluding hydrogens is 356 g/mol. The summed E-state index contributed by atoms with van der Waals surface area (Å²) in [7, 11) is 0. The molecule has 0 aliphatic rings. The standard InChI is InChI=1S/C13H16N2.C12H14N2/c1-8(2)11-5-6-12-9(3)14-15-10(4)13(12)7-11;1-3-9(2)10-4-5-11-12(8-10)14-7-6-13-11/h5-8H,1-4H3;4-9H,3H2,1-2H3. The Bertz CT molecular complexity index is 1120. The van der Waals surface area contributed by atoms with Gasteiger partial charge < -0.3 is 0 Å². The zero-order chi connectivity index (χ0) is 21.0. The molecule has 1 atom stereocenters. The summed E-state index contributed by atoms with van der Waals surface area (Å²) in [5.74, 6) is 1.16. The lowest BCUT2D eigenvalue weighted by atomic mass is 9.98. The topological polar surface area (TPSA) is 51.6 Å². The van der Waals surface area contributed by atoms with E-state index in [4.69, 9.17) is 0 Å². The fourth-order valence-electron chi connectivity index (χ4n) is 3.32. The number of aryl methyl sites for hydroxylation is 2. The molecule has 4 aromatic rings. The van der Waals surface area contributed by atoms with Crippen molar-refractivity contribution in [2.24, 2.45) is 0 Å². The van der Waals surface area contributed by atoms with Crippen LogP contribution in [0.2, 0.25) is 0 Å². The van der Waals surface area contributed by atoms with Crippen LogP contribution in [0.3, 0.4) is 0 Å². The summed E-state index contributed by atoms with van der Waals surface area (Å²) in [4.78, 5) is 8.54. The van der Waals surface area contributed by atoms with Crippen LogP contribution in [0.5, 0.6) is 0 Å². The number of aromatic nitrogens is 4.